The van der Waals surface area contributed by atoms with E-state index in [2.05, 4.69) is 48.8 Å². The number of aliphatic hydroxyl groups is 2. The van der Waals surface area contributed by atoms with Gasteiger partial charge in [0, 0.05) is 12.8 Å². The maximum Gasteiger partial charge on any atom is 0.472 e. The van der Waals surface area contributed by atoms with Gasteiger partial charge in [0.1, 0.15) is 12.7 Å². The van der Waals surface area contributed by atoms with Crippen molar-refractivity contribution in [2.24, 2.45) is 0 Å². The smallest absolute Gasteiger partial charge is 0.462 e. The number of carbonyl (C=O) groups excluding carboxylic acids is 2. The number of phosphoric ester groups is 1. The first-order valence-electron chi connectivity index (χ1n) is 18.4. The topological polar surface area (TPSA) is 149 Å². The molecule has 0 aliphatic rings. The first-order valence-corrected chi connectivity index (χ1v) is 19.9. The zero-order chi connectivity index (χ0) is 35.6. The average Bonchev–Trinajstić information content (AvgIpc) is 3.07. The van der Waals surface area contributed by atoms with Crippen LogP contribution in [0, 0.1) is 0 Å². The molecule has 0 amide bonds. The summed E-state index contributed by atoms with van der Waals surface area (Å²) in [6, 6.07) is 0. The van der Waals surface area contributed by atoms with Crippen molar-refractivity contribution < 1.29 is 47.8 Å². The van der Waals surface area contributed by atoms with Crippen molar-refractivity contribution in [2.75, 3.05) is 26.4 Å². The molecule has 0 saturated heterocycles. The number of aliphatic hydroxyl groups excluding tert-OH is 2. The van der Waals surface area contributed by atoms with Gasteiger partial charge in [-0.1, -0.05) is 127 Å². The van der Waals surface area contributed by atoms with Crippen LogP contribution in [0.2, 0.25) is 0 Å². The average molecular weight is 703 g/mol. The summed E-state index contributed by atoms with van der Waals surface area (Å²) >= 11 is 0. The summed E-state index contributed by atoms with van der Waals surface area (Å²) < 4.78 is 32.4. The van der Waals surface area contributed by atoms with E-state index in [1.807, 2.05) is 6.08 Å². The van der Waals surface area contributed by atoms with Crippen molar-refractivity contribution in [2.45, 2.75) is 161 Å². The molecule has 280 valence electrons. The van der Waals surface area contributed by atoms with Gasteiger partial charge in [-0.3, -0.25) is 18.6 Å². The second-order valence-corrected chi connectivity index (χ2v) is 13.7. The molecule has 0 aromatic rings. The number of ether oxygens (including phenoxy) is 2. The molecule has 0 heterocycles. The molecule has 0 aliphatic heterocycles. The van der Waals surface area contributed by atoms with Crippen molar-refractivity contribution in [1.82, 2.24) is 0 Å². The van der Waals surface area contributed by atoms with Crippen LogP contribution in [0.3, 0.4) is 0 Å². The van der Waals surface area contributed by atoms with Gasteiger partial charge in [-0.15, -0.1) is 0 Å². The second-order valence-electron chi connectivity index (χ2n) is 12.3. The molecule has 0 saturated carbocycles. The lowest BCUT2D eigenvalue weighted by Crippen LogP contribution is -2.29. The van der Waals surface area contributed by atoms with E-state index in [1.165, 1.54) is 64.2 Å². The maximum absolute atomic E-state index is 12.5. The molecule has 10 nitrogen and oxygen atoms in total. The second kappa shape index (κ2) is 33.7. The standard InChI is InChI=1S/C37H67O10P/c1-3-5-7-9-11-13-14-15-16-17-18-19-20-21-23-25-27-29-37(41)47-35(33-46-48(42,43)45-31-34(39)30-38)32-44-36(40)28-26-24-22-12-10-8-6-4-2/h15-16,18-19,21,23,34-35,38-39H,3-14,17,20,22,24-33H2,1-2H3,(H,42,43)/b16-15+,19-18+,23-21+/t34-,35+/m0/s1. The first kappa shape index (κ1) is 46.2. The van der Waals surface area contributed by atoms with Crippen LogP contribution in [-0.2, 0) is 32.7 Å². The van der Waals surface area contributed by atoms with Crippen molar-refractivity contribution in [3.8, 4) is 0 Å². The van der Waals surface area contributed by atoms with Crippen LogP contribution in [0.1, 0.15) is 149 Å². The minimum absolute atomic E-state index is 0.113. The molecule has 0 fully saturated rings. The third kappa shape index (κ3) is 32.7. The van der Waals surface area contributed by atoms with E-state index in [-0.39, 0.29) is 19.4 Å². The van der Waals surface area contributed by atoms with Gasteiger partial charge in [0.2, 0.25) is 0 Å². The van der Waals surface area contributed by atoms with Crippen molar-refractivity contribution in [1.29, 1.82) is 0 Å². The lowest BCUT2D eigenvalue weighted by atomic mass is 10.1. The number of phosphoric acid groups is 1. The van der Waals surface area contributed by atoms with Crippen LogP contribution >= 0.6 is 7.82 Å². The van der Waals surface area contributed by atoms with Crippen LogP contribution < -0.4 is 0 Å². The Morgan fingerprint density at radius 3 is 1.69 bits per heavy atom. The Hall–Kier alpha value is -1.81. The van der Waals surface area contributed by atoms with Crippen LogP contribution in [0.25, 0.3) is 0 Å². The highest BCUT2D eigenvalue weighted by molar-refractivity contribution is 7.47. The molecule has 0 bridgehead atoms. The van der Waals surface area contributed by atoms with E-state index >= 15 is 0 Å². The Balaban J connectivity index is 4.45. The quantitative estimate of drug-likeness (QED) is 0.0257. The van der Waals surface area contributed by atoms with E-state index < -0.39 is 51.8 Å². The summed E-state index contributed by atoms with van der Waals surface area (Å²) in [5, 5.41) is 18.2. The molecule has 0 aromatic carbocycles. The summed E-state index contributed by atoms with van der Waals surface area (Å²) in [6.45, 7) is 2.25. The van der Waals surface area contributed by atoms with E-state index in [9.17, 15) is 24.2 Å². The highest BCUT2D eigenvalue weighted by Crippen LogP contribution is 2.43. The number of rotatable bonds is 34. The highest BCUT2D eigenvalue weighted by Gasteiger charge is 2.27. The molecule has 0 spiro atoms. The molecule has 1 unspecified atom stereocenters. The molecular formula is C37H67O10P. The molecule has 0 aliphatic carbocycles. The molecule has 0 radical (unpaired) electrons. The van der Waals surface area contributed by atoms with Gasteiger partial charge >= 0.3 is 19.8 Å². The molecule has 48 heavy (non-hydrogen) atoms. The van der Waals surface area contributed by atoms with Gasteiger partial charge in [-0.25, -0.2) is 4.57 Å². The van der Waals surface area contributed by atoms with E-state index in [1.54, 1.807) is 0 Å². The van der Waals surface area contributed by atoms with Gasteiger partial charge in [-0.2, -0.15) is 0 Å². The fourth-order valence-electron chi connectivity index (χ4n) is 4.65. The lowest BCUT2D eigenvalue weighted by Gasteiger charge is -2.20. The molecule has 0 aromatic heterocycles. The molecule has 3 N–H and O–H groups in total. The summed E-state index contributed by atoms with van der Waals surface area (Å²) in [4.78, 5) is 34.6. The number of esters is 2. The first-order chi connectivity index (χ1) is 23.2. The van der Waals surface area contributed by atoms with Gasteiger partial charge < -0.3 is 24.6 Å². The Labute approximate surface area is 291 Å². The molecule has 11 heteroatoms. The summed E-state index contributed by atoms with van der Waals surface area (Å²) in [5.41, 5.74) is 0. The Morgan fingerprint density at radius 2 is 1.10 bits per heavy atom. The van der Waals surface area contributed by atoms with Crippen LogP contribution in [0.4, 0.5) is 0 Å². The Bertz CT molecular complexity index is 905. The van der Waals surface area contributed by atoms with Crippen molar-refractivity contribution in [3.63, 3.8) is 0 Å². The highest BCUT2D eigenvalue weighted by atomic mass is 31.2. The number of hydrogen-bond acceptors (Lipinski definition) is 9. The minimum atomic E-state index is -4.62. The largest absolute Gasteiger partial charge is 0.472 e. The lowest BCUT2D eigenvalue weighted by molar-refractivity contribution is -0.161. The third-order valence-electron chi connectivity index (χ3n) is 7.55. The number of unbranched alkanes of at least 4 members (excludes halogenated alkanes) is 14. The zero-order valence-corrected chi connectivity index (χ0v) is 30.8. The van der Waals surface area contributed by atoms with Crippen LogP contribution in [-0.4, -0.2) is 65.7 Å². The fraction of sp³-hybridized carbons (Fsp3) is 0.784. The number of allylic oxidation sites excluding steroid dienone is 6. The predicted molar refractivity (Wildman–Crippen MR) is 191 cm³/mol. The van der Waals surface area contributed by atoms with Crippen molar-refractivity contribution >= 4 is 19.8 Å². The summed E-state index contributed by atoms with van der Waals surface area (Å²) in [6.07, 6.45) is 31.4. The molecular weight excluding hydrogens is 635 g/mol. The van der Waals surface area contributed by atoms with E-state index in [0.29, 0.717) is 19.3 Å². The predicted octanol–water partition coefficient (Wildman–Crippen LogP) is 8.83. The molecule has 0 rings (SSSR count). The Kier molecular flexibility index (Phi) is 32.4. The SMILES string of the molecule is CCCCCCCC/C=C/C/C=C/C/C=C/CCCC(=O)O[C@H](COC(=O)CCCCCCCCCC)COP(=O)(O)OC[C@@H](O)CO. The maximum atomic E-state index is 12.5. The minimum Gasteiger partial charge on any atom is -0.462 e. The van der Waals surface area contributed by atoms with Gasteiger partial charge in [0.25, 0.3) is 0 Å². The van der Waals surface area contributed by atoms with E-state index in [0.717, 1.165) is 38.5 Å². The fourth-order valence-corrected chi connectivity index (χ4v) is 5.44. The normalized spacial score (nSPS) is 14.5. The van der Waals surface area contributed by atoms with Gasteiger partial charge in [0.05, 0.1) is 19.8 Å². The zero-order valence-electron chi connectivity index (χ0n) is 29.9. The summed E-state index contributed by atoms with van der Waals surface area (Å²) in [5.74, 6) is -0.993. The Morgan fingerprint density at radius 1 is 0.625 bits per heavy atom. The number of hydrogen-bond donors (Lipinski definition) is 3. The van der Waals surface area contributed by atoms with Crippen LogP contribution in [0.5, 0.6) is 0 Å². The van der Waals surface area contributed by atoms with Gasteiger partial charge in [0.15, 0.2) is 6.10 Å². The van der Waals surface area contributed by atoms with Gasteiger partial charge in [-0.05, 0) is 44.9 Å². The molecule has 3 atom stereocenters. The van der Waals surface area contributed by atoms with Crippen LogP contribution in [0.15, 0.2) is 36.5 Å². The summed E-state index contributed by atoms with van der Waals surface area (Å²) in [7, 11) is -4.62. The van der Waals surface area contributed by atoms with E-state index in [4.69, 9.17) is 19.1 Å². The monoisotopic (exact) mass is 702 g/mol. The number of carbonyl (C=O) groups is 2. The van der Waals surface area contributed by atoms with Crippen molar-refractivity contribution in [3.05, 3.63) is 36.5 Å². The third-order valence-corrected chi connectivity index (χ3v) is 8.50.